The molecule has 1 N–H and O–H groups in total. The van der Waals surface area contributed by atoms with Gasteiger partial charge in [0, 0.05) is 21.7 Å². The van der Waals surface area contributed by atoms with Crippen molar-refractivity contribution in [3.63, 3.8) is 0 Å². The second kappa shape index (κ2) is 19.8. The normalized spacial score (nSPS) is 20.2. The smallest absolute Gasteiger partial charge is 0.222 e. The fourth-order valence-electron chi connectivity index (χ4n) is 7.60. The van der Waals surface area contributed by atoms with E-state index in [2.05, 4.69) is 19.1 Å². The maximum Gasteiger partial charge on any atom is 0.222 e. The van der Waals surface area contributed by atoms with Crippen molar-refractivity contribution in [1.29, 1.82) is 0 Å². The van der Waals surface area contributed by atoms with Gasteiger partial charge in [-0.15, -0.1) is 11.3 Å². The van der Waals surface area contributed by atoms with Crippen LogP contribution in [0.15, 0.2) is 176 Å². The van der Waals surface area contributed by atoms with Crippen molar-refractivity contribution in [2.45, 2.75) is 70.0 Å². The minimum Gasteiger partial charge on any atom is -0.374 e. The van der Waals surface area contributed by atoms with Gasteiger partial charge in [0.2, 0.25) is 5.79 Å². The number of ether oxygens (including phenoxy) is 5. The van der Waals surface area contributed by atoms with Crippen molar-refractivity contribution < 1.29 is 33.2 Å². The van der Waals surface area contributed by atoms with Crippen LogP contribution >= 0.6 is 11.3 Å². The Balaban J connectivity index is 1.17. The SMILES string of the molecule is Cc1ccc(C2(O)OC(COCc3ccccc3)C(OCc3ccccc3)C(OCc3ccccc3)C2OCc2ccccc2)cc1Cc1ccc(-c2ccc(F)cc2)s1. The van der Waals surface area contributed by atoms with Gasteiger partial charge in [0.25, 0.3) is 0 Å². The molecular weight excluding hydrogens is 772 g/mol. The molecule has 2 heterocycles. The molecule has 1 aliphatic rings. The average molecular weight is 821 g/mol. The first-order valence-electron chi connectivity index (χ1n) is 20.3. The van der Waals surface area contributed by atoms with Gasteiger partial charge in [-0.25, -0.2) is 4.39 Å². The fourth-order valence-corrected chi connectivity index (χ4v) is 8.64. The third-order valence-corrected chi connectivity index (χ3v) is 12.0. The number of thiophene rings is 1. The van der Waals surface area contributed by atoms with E-state index in [1.165, 1.54) is 12.1 Å². The molecule has 1 saturated heterocycles. The first-order valence-corrected chi connectivity index (χ1v) is 21.2. The lowest BCUT2D eigenvalue weighted by molar-refractivity contribution is -0.378. The molecule has 6 nitrogen and oxygen atoms in total. The van der Waals surface area contributed by atoms with Gasteiger partial charge < -0.3 is 28.8 Å². The van der Waals surface area contributed by atoms with Gasteiger partial charge >= 0.3 is 0 Å². The van der Waals surface area contributed by atoms with E-state index in [0.29, 0.717) is 18.6 Å². The van der Waals surface area contributed by atoms with E-state index in [1.54, 1.807) is 23.5 Å². The van der Waals surface area contributed by atoms with E-state index < -0.39 is 30.2 Å². The van der Waals surface area contributed by atoms with Crippen molar-refractivity contribution in [1.82, 2.24) is 0 Å². The third kappa shape index (κ3) is 10.3. The molecule has 0 radical (unpaired) electrons. The van der Waals surface area contributed by atoms with E-state index in [9.17, 15) is 9.50 Å². The molecule has 0 saturated carbocycles. The third-order valence-electron chi connectivity index (χ3n) is 10.9. The molecule has 8 heteroatoms. The van der Waals surface area contributed by atoms with Crippen molar-refractivity contribution in [2.75, 3.05) is 6.61 Å². The standard InChI is InChI=1S/C52H49FO6S/c1-37-22-25-44(30-43(37)31-46-28-29-48(60-46)42-23-26-45(53)27-24-42)52(54)51(58-35-41-20-12-5-13-21-41)50(57-34-40-18-10-4-11-19-40)49(56-33-39-16-8-3-9-17-39)47(59-52)36-55-32-38-14-6-2-7-15-38/h2-30,47,49-51,54H,31-36H2,1H3. The zero-order valence-electron chi connectivity index (χ0n) is 33.6. The molecule has 0 spiro atoms. The Labute approximate surface area is 355 Å². The Morgan fingerprint density at radius 1 is 0.600 bits per heavy atom. The topological polar surface area (TPSA) is 66.4 Å². The lowest BCUT2D eigenvalue weighted by Gasteiger charge is -2.50. The number of halogens is 1. The molecule has 306 valence electrons. The molecule has 6 aromatic carbocycles. The van der Waals surface area contributed by atoms with Gasteiger partial charge in [0.05, 0.1) is 33.0 Å². The van der Waals surface area contributed by atoms with Crippen LogP contribution in [0, 0.1) is 12.7 Å². The second-order valence-electron chi connectivity index (χ2n) is 15.2. The maximum absolute atomic E-state index is 13.7. The van der Waals surface area contributed by atoms with Crippen molar-refractivity contribution >= 4 is 11.3 Å². The Hall–Kier alpha value is -5.29. The zero-order valence-corrected chi connectivity index (χ0v) is 34.4. The van der Waals surface area contributed by atoms with Gasteiger partial charge in [-0.2, -0.15) is 0 Å². The van der Waals surface area contributed by atoms with Crippen molar-refractivity contribution in [2.24, 2.45) is 0 Å². The summed E-state index contributed by atoms with van der Waals surface area (Å²) in [6, 6.07) is 56.5. The molecule has 5 atom stereocenters. The summed E-state index contributed by atoms with van der Waals surface area (Å²) in [7, 11) is 0. The summed E-state index contributed by atoms with van der Waals surface area (Å²) in [5.41, 5.74) is 7.53. The molecule has 1 aliphatic heterocycles. The zero-order chi connectivity index (χ0) is 41.2. The molecule has 5 unspecified atom stereocenters. The van der Waals surface area contributed by atoms with Crippen molar-refractivity contribution in [3.05, 3.63) is 226 Å². The number of rotatable bonds is 17. The summed E-state index contributed by atoms with van der Waals surface area (Å²) >= 11 is 1.66. The van der Waals surface area contributed by atoms with Crippen LogP contribution in [0.1, 0.15) is 43.8 Å². The number of aryl methyl sites for hydroxylation is 1. The van der Waals surface area contributed by atoms with Crippen molar-refractivity contribution in [3.8, 4) is 10.4 Å². The summed E-state index contributed by atoms with van der Waals surface area (Å²) < 4.78 is 47.6. The molecule has 0 bridgehead atoms. The number of benzene rings is 6. The Morgan fingerprint density at radius 3 is 1.72 bits per heavy atom. The predicted molar refractivity (Wildman–Crippen MR) is 234 cm³/mol. The molecule has 1 fully saturated rings. The Kier molecular flexibility index (Phi) is 13.7. The number of hydrogen-bond acceptors (Lipinski definition) is 7. The molecular formula is C52H49FO6S. The average Bonchev–Trinajstić information content (AvgIpc) is 3.76. The molecule has 60 heavy (non-hydrogen) atoms. The summed E-state index contributed by atoms with van der Waals surface area (Å²) in [5, 5.41) is 13.3. The summed E-state index contributed by atoms with van der Waals surface area (Å²) in [4.78, 5) is 2.19. The van der Waals surface area contributed by atoms with Gasteiger partial charge in [0.15, 0.2) is 0 Å². The van der Waals surface area contributed by atoms with E-state index in [0.717, 1.165) is 48.7 Å². The monoisotopic (exact) mass is 820 g/mol. The number of hydrogen-bond donors (Lipinski definition) is 1. The van der Waals surface area contributed by atoms with Crippen LogP contribution in [0.25, 0.3) is 10.4 Å². The maximum atomic E-state index is 13.7. The first kappa shape index (κ1) is 41.4. The van der Waals surface area contributed by atoms with Crippen LogP contribution in [-0.2, 0) is 62.3 Å². The molecule has 1 aromatic heterocycles. The largest absolute Gasteiger partial charge is 0.374 e. The highest BCUT2D eigenvalue weighted by Crippen LogP contribution is 2.43. The molecule has 0 aliphatic carbocycles. The molecule has 0 amide bonds. The molecule has 7 aromatic rings. The quantitative estimate of drug-likeness (QED) is 0.0987. The predicted octanol–water partition coefficient (Wildman–Crippen LogP) is 11.0. The summed E-state index contributed by atoms with van der Waals surface area (Å²) in [5.74, 6) is -2.25. The summed E-state index contributed by atoms with van der Waals surface area (Å²) in [6.07, 6.45) is -2.68. The van der Waals surface area contributed by atoms with E-state index in [-0.39, 0.29) is 32.2 Å². The van der Waals surface area contributed by atoms with Gasteiger partial charge in [0.1, 0.15) is 30.2 Å². The Bertz CT molecular complexity index is 2380. The summed E-state index contributed by atoms with van der Waals surface area (Å²) in [6.45, 7) is 3.28. The van der Waals surface area contributed by atoms with E-state index >= 15 is 0 Å². The second-order valence-corrected chi connectivity index (χ2v) is 16.4. The van der Waals surface area contributed by atoms with Crippen LogP contribution in [0.2, 0.25) is 0 Å². The highest BCUT2D eigenvalue weighted by atomic mass is 32.1. The van der Waals surface area contributed by atoms with Gasteiger partial charge in [-0.1, -0.05) is 146 Å². The lowest BCUT2D eigenvalue weighted by atomic mass is 9.86. The first-order chi connectivity index (χ1) is 29.4. The Morgan fingerprint density at radius 2 is 1.13 bits per heavy atom. The lowest BCUT2D eigenvalue weighted by Crippen LogP contribution is -2.65. The van der Waals surface area contributed by atoms with E-state index in [1.807, 2.05) is 140 Å². The van der Waals surface area contributed by atoms with Crippen LogP contribution in [-0.4, -0.2) is 36.1 Å². The van der Waals surface area contributed by atoms with Crippen LogP contribution in [0.5, 0.6) is 0 Å². The minimum absolute atomic E-state index is 0.118. The fraction of sp³-hybridized carbons (Fsp3) is 0.231. The minimum atomic E-state index is -1.99. The molecule has 8 rings (SSSR count). The van der Waals surface area contributed by atoms with Gasteiger partial charge in [-0.3, -0.25) is 0 Å². The highest BCUT2D eigenvalue weighted by molar-refractivity contribution is 7.15. The van der Waals surface area contributed by atoms with Crippen LogP contribution < -0.4 is 0 Å². The van der Waals surface area contributed by atoms with Crippen LogP contribution in [0.4, 0.5) is 4.39 Å². The van der Waals surface area contributed by atoms with Gasteiger partial charge in [-0.05, 0) is 76.2 Å². The van der Waals surface area contributed by atoms with Crippen LogP contribution in [0.3, 0.4) is 0 Å². The number of aliphatic hydroxyl groups is 1. The van der Waals surface area contributed by atoms with E-state index in [4.69, 9.17) is 23.7 Å². The highest BCUT2D eigenvalue weighted by Gasteiger charge is 2.57.